The molecule has 0 saturated carbocycles. The minimum absolute atomic E-state index is 0.0468. The molecule has 2 aliphatic rings. The summed E-state index contributed by atoms with van der Waals surface area (Å²) < 4.78 is 5.16. The number of hydrogen-bond acceptors (Lipinski definition) is 4. The van der Waals surface area contributed by atoms with Crippen LogP contribution in [0.3, 0.4) is 0 Å². The molecule has 2 unspecified atom stereocenters. The third kappa shape index (κ3) is 2.42. The van der Waals surface area contributed by atoms with Crippen LogP contribution in [0.1, 0.15) is 17.5 Å². The number of carbonyl (C=O) groups excluding carboxylic acids is 1. The van der Waals surface area contributed by atoms with Crippen molar-refractivity contribution in [3.63, 3.8) is 0 Å². The molecule has 0 radical (unpaired) electrons. The molecule has 0 saturated heterocycles. The van der Waals surface area contributed by atoms with Crippen molar-refractivity contribution in [2.45, 2.75) is 17.6 Å². The number of nitrogens with zero attached hydrogens (tertiary/aromatic N) is 1. The molecule has 1 amide bonds. The molecule has 0 fully saturated rings. The monoisotopic (exact) mass is 376 g/mol. The summed E-state index contributed by atoms with van der Waals surface area (Å²) in [6.45, 7) is 0. The second kappa shape index (κ2) is 5.46. The Morgan fingerprint density at radius 2 is 1.80 bits per heavy atom. The number of anilines is 1. The Labute approximate surface area is 154 Å². The van der Waals surface area contributed by atoms with Gasteiger partial charge in [0.1, 0.15) is 11.3 Å². The Morgan fingerprint density at radius 3 is 2.40 bits per heavy atom. The van der Waals surface area contributed by atoms with Crippen LogP contribution < -0.4 is 10.1 Å². The van der Waals surface area contributed by atoms with Crippen molar-refractivity contribution in [2.75, 3.05) is 12.4 Å². The first kappa shape index (κ1) is 16.4. The molecule has 2 aromatic rings. The molecule has 2 atom stereocenters. The Hall–Kier alpha value is -2.08. The van der Waals surface area contributed by atoms with E-state index in [9.17, 15) is 9.90 Å². The molecule has 2 aliphatic heterocycles. The molecule has 128 valence electrons. The average Bonchev–Trinajstić information content (AvgIpc) is 3.32. The number of amides is 1. The summed E-state index contributed by atoms with van der Waals surface area (Å²) in [5.74, 6) is 0.165. The highest BCUT2D eigenvalue weighted by Gasteiger charge is 2.55. The molecule has 0 bridgehead atoms. The Bertz CT molecular complexity index is 905. The zero-order valence-electron chi connectivity index (χ0n) is 13.2. The fraction of sp³-hybridized carbons (Fsp3) is 0.222. The van der Waals surface area contributed by atoms with Crippen LogP contribution in [0, 0.1) is 0 Å². The number of fused-ring (bicyclic) bond motifs is 1. The van der Waals surface area contributed by atoms with Crippen molar-refractivity contribution in [2.24, 2.45) is 4.99 Å². The highest BCUT2D eigenvalue weighted by atomic mass is 35.5. The topological polar surface area (TPSA) is 70.9 Å². The quantitative estimate of drug-likeness (QED) is 0.857. The highest BCUT2D eigenvalue weighted by molar-refractivity contribution is 6.38. The summed E-state index contributed by atoms with van der Waals surface area (Å²) in [7, 11) is 1.59. The predicted octanol–water partition coefficient (Wildman–Crippen LogP) is 3.51. The van der Waals surface area contributed by atoms with Gasteiger partial charge in [-0.3, -0.25) is 9.79 Å². The summed E-state index contributed by atoms with van der Waals surface area (Å²) in [6, 6.07) is 10.5. The van der Waals surface area contributed by atoms with Crippen molar-refractivity contribution >= 4 is 41.0 Å². The summed E-state index contributed by atoms with van der Waals surface area (Å²) in [5, 5.41) is 14.4. The summed E-state index contributed by atoms with van der Waals surface area (Å²) in [5.41, 5.74) is -1.04. The Balaban J connectivity index is 1.73. The van der Waals surface area contributed by atoms with Crippen LogP contribution in [0.15, 0.2) is 41.4 Å². The molecule has 0 spiro atoms. The maximum atomic E-state index is 12.5. The van der Waals surface area contributed by atoms with E-state index < -0.39 is 17.0 Å². The lowest BCUT2D eigenvalue weighted by molar-refractivity contribution is -0.135. The van der Waals surface area contributed by atoms with Crippen molar-refractivity contribution in [1.29, 1.82) is 0 Å². The predicted molar refractivity (Wildman–Crippen MR) is 96.8 cm³/mol. The molecular weight excluding hydrogens is 363 g/mol. The van der Waals surface area contributed by atoms with E-state index in [1.165, 1.54) is 0 Å². The number of methoxy groups -OCH3 is 1. The summed E-state index contributed by atoms with van der Waals surface area (Å²) >= 11 is 12.4. The van der Waals surface area contributed by atoms with Gasteiger partial charge in [-0.15, -0.1) is 0 Å². The van der Waals surface area contributed by atoms with E-state index in [-0.39, 0.29) is 11.4 Å². The first-order valence-corrected chi connectivity index (χ1v) is 8.38. The van der Waals surface area contributed by atoms with Gasteiger partial charge in [0.15, 0.2) is 5.60 Å². The number of aliphatic hydroxyl groups is 1. The van der Waals surface area contributed by atoms with Crippen molar-refractivity contribution in [3.05, 3.63) is 57.6 Å². The lowest BCUT2D eigenvalue weighted by atomic mass is 9.81. The maximum Gasteiger partial charge on any atom is 0.261 e. The van der Waals surface area contributed by atoms with E-state index in [1.54, 1.807) is 25.5 Å². The van der Waals surface area contributed by atoms with E-state index >= 15 is 0 Å². The van der Waals surface area contributed by atoms with Gasteiger partial charge in [-0.2, -0.15) is 0 Å². The fourth-order valence-electron chi connectivity index (χ4n) is 3.27. The summed E-state index contributed by atoms with van der Waals surface area (Å²) in [4.78, 5) is 16.9. The van der Waals surface area contributed by atoms with Gasteiger partial charge in [0.25, 0.3) is 5.91 Å². The molecule has 25 heavy (non-hydrogen) atoms. The first-order valence-electron chi connectivity index (χ1n) is 7.63. The van der Waals surface area contributed by atoms with Gasteiger partial charge in [-0.1, -0.05) is 35.3 Å². The molecule has 0 aliphatic carbocycles. The number of aliphatic imine (C=N–C) groups is 1. The van der Waals surface area contributed by atoms with Crippen LogP contribution in [-0.4, -0.2) is 24.3 Å². The van der Waals surface area contributed by atoms with Crippen molar-refractivity contribution < 1.29 is 14.6 Å². The molecule has 5 nitrogen and oxygen atoms in total. The molecular formula is C18H14Cl2N2O3. The largest absolute Gasteiger partial charge is 0.497 e. The molecule has 2 aromatic carbocycles. The highest BCUT2D eigenvalue weighted by Crippen LogP contribution is 2.52. The number of halogens is 2. The van der Waals surface area contributed by atoms with Crippen LogP contribution >= 0.6 is 23.2 Å². The number of rotatable bonds is 4. The lowest BCUT2D eigenvalue weighted by Gasteiger charge is -2.26. The van der Waals surface area contributed by atoms with Gasteiger partial charge in [0, 0.05) is 23.2 Å². The van der Waals surface area contributed by atoms with Gasteiger partial charge in [-0.25, -0.2) is 0 Å². The second-order valence-electron chi connectivity index (χ2n) is 6.18. The molecule has 0 aromatic heterocycles. The normalized spacial score (nSPS) is 26.3. The van der Waals surface area contributed by atoms with Crippen LogP contribution in [0.5, 0.6) is 5.75 Å². The fourth-order valence-corrected chi connectivity index (χ4v) is 3.79. The standard InChI is InChI=1S/C18H14Cl2N2O3/c1-25-11-4-2-10(3-5-11)17(9-21-17)8-18(24)14-12(19)6-7-13(20)15(14)22-16(18)23/h2-7,9,24H,8H2,1H3,(H,22,23). The van der Waals surface area contributed by atoms with E-state index in [2.05, 4.69) is 10.3 Å². The lowest BCUT2D eigenvalue weighted by Crippen LogP contribution is -2.39. The molecule has 4 rings (SSSR count). The maximum absolute atomic E-state index is 12.5. The molecule has 2 N–H and O–H groups in total. The third-order valence-electron chi connectivity index (χ3n) is 4.69. The zero-order chi connectivity index (χ0) is 17.8. The van der Waals surface area contributed by atoms with Gasteiger partial charge in [0.2, 0.25) is 0 Å². The molecule has 2 heterocycles. The minimum Gasteiger partial charge on any atom is -0.497 e. The Kier molecular flexibility index (Phi) is 3.58. The number of carbonyl (C=O) groups is 1. The average molecular weight is 377 g/mol. The number of benzene rings is 2. The first-order chi connectivity index (χ1) is 11.9. The van der Waals surface area contributed by atoms with E-state index in [4.69, 9.17) is 27.9 Å². The van der Waals surface area contributed by atoms with Crippen molar-refractivity contribution in [3.8, 4) is 5.75 Å². The van der Waals surface area contributed by atoms with Gasteiger partial charge in [-0.05, 0) is 29.8 Å². The van der Waals surface area contributed by atoms with Gasteiger partial charge in [0.05, 0.1) is 17.8 Å². The van der Waals surface area contributed by atoms with Crippen LogP contribution in [0.4, 0.5) is 5.69 Å². The second-order valence-corrected chi connectivity index (χ2v) is 7.00. The van der Waals surface area contributed by atoms with E-state index in [0.717, 1.165) is 11.3 Å². The zero-order valence-corrected chi connectivity index (χ0v) is 14.7. The van der Waals surface area contributed by atoms with E-state index in [1.807, 2.05) is 24.3 Å². The SMILES string of the molecule is COc1ccc(C2(CC3(O)C(=O)Nc4c(Cl)ccc(Cl)c43)C=N2)cc1. The van der Waals surface area contributed by atoms with Crippen LogP contribution in [0.25, 0.3) is 0 Å². The van der Waals surface area contributed by atoms with Gasteiger partial charge >= 0.3 is 0 Å². The van der Waals surface area contributed by atoms with E-state index in [0.29, 0.717) is 16.3 Å². The minimum atomic E-state index is -1.81. The third-order valence-corrected chi connectivity index (χ3v) is 5.32. The summed E-state index contributed by atoms with van der Waals surface area (Å²) in [6.07, 6.45) is 1.77. The van der Waals surface area contributed by atoms with Gasteiger partial charge < -0.3 is 15.2 Å². The van der Waals surface area contributed by atoms with Crippen LogP contribution in [0.2, 0.25) is 10.0 Å². The smallest absolute Gasteiger partial charge is 0.261 e. The Morgan fingerprint density at radius 1 is 1.16 bits per heavy atom. The van der Waals surface area contributed by atoms with Crippen molar-refractivity contribution in [1.82, 2.24) is 0 Å². The number of ether oxygens (including phenoxy) is 1. The number of nitrogens with one attached hydrogen (secondary N) is 1. The van der Waals surface area contributed by atoms with Crippen LogP contribution in [-0.2, 0) is 15.9 Å². The molecule has 7 heteroatoms. The number of hydrogen-bond donors (Lipinski definition) is 2.